The molecule has 38 heavy (non-hydrogen) atoms. The Bertz CT molecular complexity index is 1770. The van der Waals surface area contributed by atoms with Crippen LogP contribution in [0.5, 0.6) is 0 Å². The largest absolute Gasteiger partial charge is 0.249 e. The summed E-state index contributed by atoms with van der Waals surface area (Å²) < 4.78 is 2.47. The third kappa shape index (κ3) is 2.87. The summed E-state index contributed by atoms with van der Waals surface area (Å²) in [5.74, 6) is 1.38. The van der Waals surface area contributed by atoms with Crippen molar-refractivity contribution in [1.29, 1.82) is 0 Å². The summed E-state index contributed by atoms with van der Waals surface area (Å²) in [6, 6.07) is 24.4. The van der Waals surface area contributed by atoms with Gasteiger partial charge in [-0.15, -0.1) is 0 Å². The van der Waals surface area contributed by atoms with Gasteiger partial charge < -0.3 is 0 Å². The zero-order valence-electron chi connectivity index (χ0n) is 21.9. The molecule has 0 bridgehead atoms. The Morgan fingerprint density at radius 3 is 2.55 bits per heavy atom. The van der Waals surface area contributed by atoms with Gasteiger partial charge in [-0.25, -0.2) is 14.7 Å². The minimum Gasteiger partial charge on any atom is -0.249 e. The van der Waals surface area contributed by atoms with Gasteiger partial charge in [0.15, 0.2) is 12.0 Å². The summed E-state index contributed by atoms with van der Waals surface area (Å²) in [6.45, 7) is 4.82. The first-order chi connectivity index (χ1) is 18.6. The average molecular weight is 494 g/mol. The quantitative estimate of drug-likeness (QED) is 0.283. The Morgan fingerprint density at radius 1 is 0.868 bits per heavy atom. The fourth-order valence-corrected chi connectivity index (χ4v) is 7.20. The number of nitrogens with zero attached hydrogens (tertiary/aromatic N) is 3. The Hall–Kier alpha value is -4.11. The number of para-hydroxylation sites is 1. The highest BCUT2D eigenvalue weighted by atomic mass is 15.7. The van der Waals surface area contributed by atoms with Crippen molar-refractivity contribution < 1.29 is 0 Å². The van der Waals surface area contributed by atoms with E-state index >= 15 is 0 Å². The van der Waals surface area contributed by atoms with Gasteiger partial charge in [0.25, 0.3) is 0 Å². The van der Waals surface area contributed by atoms with Crippen LogP contribution in [0.25, 0.3) is 27.4 Å². The summed E-state index contributed by atoms with van der Waals surface area (Å²) in [6.07, 6.45) is 17.0. The monoisotopic (exact) mass is 493 g/mol. The van der Waals surface area contributed by atoms with Crippen molar-refractivity contribution >= 4 is 33.2 Å². The van der Waals surface area contributed by atoms with Gasteiger partial charge >= 0.3 is 0 Å². The molecule has 0 fully saturated rings. The van der Waals surface area contributed by atoms with Crippen molar-refractivity contribution in [3.05, 3.63) is 125 Å². The first kappa shape index (κ1) is 21.9. The first-order valence-electron chi connectivity index (χ1n) is 13.9. The lowest BCUT2D eigenvalue weighted by atomic mass is 9.78. The van der Waals surface area contributed by atoms with E-state index in [1.54, 1.807) is 5.57 Å². The molecule has 3 aromatic carbocycles. The van der Waals surface area contributed by atoms with Crippen LogP contribution in [0, 0.1) is 5.92 Å². The summed E-state index contributed by atoms with van der Waals surface area (Å²) in [7, 11) is 0. The average Bonchev–Trinajstić information content (AvgIpc) is 3.39. The highest BCUT2D eigenvalue weighted by Gasteiger charge is 2.42. The third-order valence-corrected chi connectivity index (χ3v) is 9.05. The van der Waals surface area contributed by atoms with Crippen LogP contribution in [-0.4, -0.2) is 16.7 Å². The second kappa shape index (κ2) is 7.94. The second-order valence-electron chi connectivity index (χ2n) is 11.5. The molecule has 2 atom stereocenters. The van der Waals surface area contributed by atoms with Gasteiger partial charge in [0, 0.05) is 27.7 Å². The number of hydrogen-bond donors (Lipinski definition) is 0. The highest BCUT2D eigenvalue weighted by Crippen LogP contribution is 2.53. The zero-order valence-corrected chi connectivity index (χ0v) is 21.9. The number of allylic oxidation sites excluding steroid dienone is 7. The van der Waals surface area contributed by atoms with E-state index in [0.29, 0.717) is 5.92 Å². The predicted octanol–water partition coefficient (Wildman–Crippen LogP) is 8.05. The molecule has 0 spiro atoms. The molecule has 2 unspecified atom stereocenters. The normalized spacial score (nSPS) is 23.1. The maximum atomic E-state index is 5.24. The van der Waals surface area contributed by atoms with E-state index in [-0.39, 0.29) is 11.6 Å². The third-order valence-electron chi connectivity index (χ3n) is 9.05. The van der Waals surface area contributed by atoms with Gasteiger partial charge in [-0.2, -0.15) is 0 Å². The van der Waals surface area contributed by atoms with Crippen LogP contribution < -0.4 is 5.01 Å². The lowest BCUT2D eigenvalue weighted by molar-refractivity contribution is 0.431. The summed E-state index contributed by atoms with van der Waals surface area (Å²) in [5.41, 5.74) is 9.65. The Morgan fingerprint density at radius 2 is 1.71 bits per heavy atom. The molecule has 1 aromatic heterocycles. The zero-order chi connectivity index (χ0) is 25.4. The standard InChI is InChI=1S/C35H31N3/c1-35(2)27-19-11-9-17-25(27)31-28(35)21-22-30-32(31)26-18-10-12-20-29(26)37(30)38-33(23-13-5-3-6-14-23)36-34(38)24-15-7-4-8-16-24/h3-10,12-15,17-18,20-22,24,34H,11,16,19H2,1-2H3. The number of benzene rings is 3. The molecular weight excluding hydrogens is 462 g/mol. The number of aromatic nitrogens is 1. The van der Waals surface area contributed by atoms with Crippen molar-refractivity contribution in [3.63, 3.8) is 0 Å². The molecule has 4 aliphatic rings. The maximum absolute atomic E-state index is 5.24. The molecule has 2 heterocycles. The molecule has 3 nitrogen and oxygen atoms in total. The number of amidine groups is 1. The number of aliphatic imine (C=N–C) groups is 1. The topological polar surface area (TPSA) is 20.5 Å². The summed E-state index contributed by atoms with van der Waals surface area (Å²) >= 11 is 0. The van der Waals surface area contributed by atoms with E-state index in [2.05, 4.69) is 127 Å². The number of hydrogen-bond acceptors (Lipinski definition) is 2. The Kier molecular flexibility index (Phi) is 4.58. The second-order valence-corrected chi connectivity index (χ2v) is 11.5. The maximum Gasteiger partial charge on any atom is 0.154 e. The van der Waals surface area contributed by atoms with Crippen molar-refractivity contribution in [3.8, 4) is 0 Å². The predicted molar refractivity (Wildman–Crippen MR) is 159 cm³/mol. The number of rotatable bonds is 3. The summed E-state index contributed by atoms with van der Waals surface area (Å²) in [4.78, 5) is 5.24. The van der Waals surface area contributed by atoms with E-state index in [9.17, 15) is 0 Å². The Labute approximate surface area is 223 Å². The van der Waals surface area contributed by atoms with E-state index < -0.39 is 0 Å². The minimum absolute atomic E-state index is 0.0551. The molecule has 0 saturated carbocycles. The first-order valence-corrected chi connectivity index (χ1v) is 13.9. The molecule has 4 aromatic rings. The lowest BCUT2D eigenvalue weighted by Crippen LogP contribution is -2.58. The van der Waals surface area contributed by atoms with E-state index in [1.165, 1.54) is 38.5 Å². The van der Waals surface area contributed by atoms with E-state index in [1.807, 2.05) is 0 Å². The highest BCUT2D eigenvalue weighted by molar-refractivity contribution is 6.18. The van der Waals surface area contributed by atoms with E-state index in [4.69, 9.17) is 4.99 Å². The van der Waals surface area contributed by atoms with Crippen LogP contribution in [0.15, 0.2) is 114 Å². The molecule has 0 radical (unpaired) electrons. The lowest BCUT2D eigenvalue weighted by Gasteiger charge is -2.44. The van der Waals surface area contributed by atoms with Gasteiger partial charge in [-0.3, -0.25) is 0 Å². The van der Waals surface area contributed by atoms with Crippen molar-refractivity contribution in [2.75, 3.05) is 5.01 Å². The molecular formula is C35H31N3. The number of fused-ring (bicyclic) bond motifs is 6. The Balaban J connectivity index is 1.42. The van der Waals surface area contributed by atoms with Gasteiger partial charge in [0.1, 0.15) is 0 Å². The van der Waals surface area contributed by atoms with Gasteiger partial charge in [-0.1, -0.05) is 110 Å². The van der Waals surface area contributed by atoms with Crippen LogP contribution in [0.4, 0.5) is 0 Å². The van der Waals surface area contributed by atoms with Crippen LogP contribution in [0.1, 0.15) is 49.8 Å². The fourth-order valence-electron chi connectivity index (χ4n) is 7.20. The van der Waals surface area contributed by atoms with Crippen molar-refractivity contribution in [1.82, 2.24) is 4.68 Å². The molecule has 186 valence electrons. The summed E-state index contributed by atoms with van der Waals surface area (Å²) in [5, 5.41) is 5.16. The molecule has 0 N–H and O–H groups in total. The van der Waals surface area contributed by atoms with Crippen LogP contribution in [0.2, 0.25) is 0 Å². The van der Waals surface area contributed by atoms with Crippen LogP contribution >= 0.6 is 0 Å². The van der Waals surface area contributed by atoms with Crippen molar-refractivity contribution in [2.24, 2.45) is 10.9 Å². The smallest absolute Gasteiger partial charge is 0.154 e. The minimum atomic E-state index is 0.0551. The molecule has 0 saturated heterocycles. The van der Waals surface area contributed by atoms with Gasteiger partial charge in [0.2, 0.25) is 0 Å². The molecule has 8 rings (SSSR count). The van der Waals surface area contributed by atoms with Crippen LogP contribution in [0.3, 0.4) is 0 Å². The van der Waals surface area contributed by atoms with Gasteiger partial charge in [-0.05, 0) is 48.1 Å². The molecule has 3 heteroatoms. The van der Waals surface area contributed by atoms with Crippen molar-refractivity contribution in [2.45, 2.75) is 44.7 Å². The fraction of sp³-hybridized carbons (Fsp3) is 0.229. The molecule has 0 amide bonds. The molecule has 3 aliphatic carbocycles. The van der Waals surface area contributed by atoms with Gasteiger partial charge in [0.05, 0.1) is 11.0 Å². The SMILES string of the molecule is CC1(C)C2=C(C=CCC2)c2c1ccc1c2c2ccccc2n1N1C(c2ccccc2)=NC1C1C=CC=CC1. The molecule has 1 aliphatic heterocycles. The van der Waals surface area contributed by atoms with Crippen LogP contribution in [-0.2, 0) is 5.41 Å². The van der Waals surface area contributed by atoms with E-state index in [0.717, 1.165) is 30.7 Å².